The van der Waals surface area contributed by atoms with Crippen LogP contribution in [0.3, 0.4) is 0 Å². The van der Waals surface area contributed by atoms with Gasteiger partial charge in [0.2, 0.25) is 0 Å². The zero-order valence-electron chi connectivity index (χ0n) is 8.09. The van der Waals surface area contributed by atoms with E-state index in [4.69, 9.17) is 5.73 Å². The summed E-state index contributed by atoms with van der Waals surface area (Å²) >= 11 is 0. The summed E-state index contributed by atoms with van der Waals surface area (Å²) in [6.07, 6.45) is 6.86. The van der Waals surface area contributed by atoms with Crippen molar-refractivity contribution in [2.24, 2.45) is 5.73 Å². The van der Waals surface area contributed by atoms with Crippen LogP contribution in [0.4, 0.5) is 0 Å². The molecule has 0 radical (unpaired) electrons. The summed E-state index contributed by atoms with van der Waals surface area (Å²) in [6, 6.07) is 0.233. The van der Waals surface area contributed by atoms with Crippen LogP contribution in [0.25, 0.3) is 0 Å². The Morgan fingerprint density at radius 2 is 2.46 bits per heavy atom. The van der Waals surface area contributed by atoms with Crippen LogP contribution in [0.1, 0.15) is 43.4 Å². The van der Waals surface area contributed by atoms with E-state index in [-0.39, 0.29) is 6.04 Å². The highest BCUT2D eigenvalue weighted by Gasteiger charge is 2.23. The molecule has 1 aliphatic carbocycles. The second kappa shape index (κ2) is 3.50. The first-order valence-corrected chi connectivity index (χ1v) is 5.05. The first kappa shape index (κ1) is 8.75. The Labute approximate surface area is 78.7 Å². The SMILES string of the molecule is CC(N)Cc1cn[nH]c1C1CCC1. The molecule has 1 aromatic rings. The van der Waals surface area contributed by atoms with Gasteiger partial charge in [-0.15, -0.1) is 0 Å². The highest BCUT2D eigenvalue weighted by Crippen LogP contribution is 2.36. The maximum atomic E-state index is 5.77. The third-order valence-corrected chi connectivity index (χ3v) is 2.81. The predicted octanol–water partition coefficient (Wildman–Crippen LogP) is 1.57. The van der Waals surface area contributed by atoms with Crippen molar-refractivity contribution < 1.29 is 0 Å². The van der Waals surface area contributed by atoms with Crippen LogP contribution in [-0.4, -0.2) is 16.2 Å². The zero-order valence-corrected chi connectivity index (χ0v) is 8.09. The van der Waals surface area contributed by atoms with E-state index >= 15 is 0 Å². The second-order valence-electron chi connectivity index (χ2n) is 4.12. The largest absolute Gasteiger partial charge is 0.328 e. The standard InChI is InChI=1S/C10H17N3/c1-7(11)5-9-6-12-13-10(9)8-3-2-4-8/h6-8H,2-5,11H2,1H3,(H,12,13). The van der Waals surface area contributed by atoms with Crippen LogP contribution in [0.2, 0.25) is 0 Å². The Bertz CT molecular complexity index is 273. The fraction of sp³-hybridized carbons (Fsp3) is 0.700. The molecule has 3 heteroatoms. The molecule has 0 saturated heterocycles. The van der Waals surface area contributed by atoms with Gasteiger partial charge in [-0.1, -0.05) is 6.42 Å². The fourth-order valence-corrected chi connectivity index (χ4v) is 1.88. The first-order valence-electron chi connectivity index (χ1n) is 5.05. The van der Waals surface area contributed by atoms with Crippen LogP contribution in [0, 0.1) is 0 Å². The average Bonchev–Trinajstić information content (AvgIpc) is 2.32. The molecule has 1 atom stereocenters. The van der Waals surface area contributed by atoms with Crippen LogP contribution < -0.4 is 5.73 Å². The van der Waals surface area contributed by atoms with E-state index in [9.17, 15) is 0 Å². The summed E-state index contributed by atoms with van der Waals surface area (Å²) in [4.78, 5) is 0. The van der Waals surface area contributed by atoms with Gasteiger partial charge in [-0.25, -0.2) is 0 Å². The van der Waals surface area contributed by atoms with E-state index in [0.717, 1.165) is 12.3 Å². The minimum absolute atomic E-state index is 0.233. The van der Waals surface area contributed by atoms with E-state index < -0.39 is 0 Å². The van der Waals surface area contributed by atoms with Gasteiger partial charge in [0, 0.05) is 17.7 Å². The Hall–Kier alpha value is -0.830. The highest BCUT2D eigenvalue weighted by molar-refractivity contribution is 5.23. The number of nitrogens with one attached hydrogen (secondary N) is 1. The van der Waals surface area contributed by atoms with Crippen molar-refractivity contribution in [3.8, 4) is 0 Å². The van der Waals surface area contributed by atoms with Crippen LogP contribution in [0.5, 0.6) is 0 Å². The lowest BCUT2D eigenvalue weighted by Gasteiger charge is -2.25. The molecule has 2 rings (SSSR count). The van der Waals surface area contributed by atoms with E-state index in [1.807, 2.05) is 13.1 Å². The van der Waals surface area contributed by atoms with Gasteiger partial charge in [-0.2, -0.15) is 5.10 Å². The van der Waals surface area contributed by atoms with E-state index in [0.29, 0.717) is 0 Å². The Kier molecular flexibility index (Phi) is 2.36. The molecule has 1 fully saturated rings. The summed E-state index contributed by atoms with van der Waals surface area (Å²) in [6.45, 7) is 2.04. The van der Waals surface area contributed by atoms with Gasteiger partial charge in [0.05, 0.1) is 6.20 Å². The normalized spacial score (nSPS) is 19.8. The van der Waals surface area contributed by atoms with Crippen LogP contribution in [-0.2, 0) is 6.42 Å². The lowest BCUT2D eigenvalue weighted by molar-refractivity contribution is 0.407. The van der Waals surface area contributed by atoms with Gasteiger partial charge in [-0.05, 0) is 31.7 Å². The Morgan fingerprint density at radius 3 is 3.00 bits per heavy atom. The Balaban J connectivity index is 2.10. The minimum atomic E-state index is 0.233. The molecule has 13 heavy (non-hydrogen) atoms. The number of nitrogens with zero attached hydrogens (tertiary/aromatic N) is 1. The van der Waals surface area contributed by atoms with Crippen molar-refractivity contribution in [3.63, 3.8) is 0 Å². The molecule has 3 nitrogen and oxygen atoms in total. The fourth-order valence-electron chi connectivity index (χ4n) is 1.88. The summed E-state index contributed by atoms with van der Waals surface area (Å²) in [7, 11) is 0. The molecule has 1 saturated carbocycles. The van der Waals surface area contributed by atoms with E-state index in [2.05, 4.69) is 10.2 Å². The van der Waals surface area contributed by atoms with Crippen molar-refractivity contribution in [1.82, 2.24) is 10.2 Å². The molecule has 72 valence electrons. The monoisotopic (exact) mass is 179 g/mol. The lowest BCUT2D eigenvalue weighted by atomic mass is 9.81. The first-order chi connectivity index (χ1) is 6.27. The summed E-state index contributed by atoms with van der Waals surface area (Å²) in [5.74, 6) is 0.733. The van der Waals surface area contributed by atoms with E-state index in [1.54, 1.807) is 0 Å². The molecule has 0 amide bonds. The lowest BCUT2D eigenvalue weighted by Crippen LogP contribution is -2.20. The number of nitrogens with two attached hydrogens (primary N) is 1. The van der Waals surface area contributed by atoms with Crippen molar-refractivity contribution >= 4 is 0 Å². The maximum absolute atomic E-state index is 5.77. The molecule has 0 aliphatic heterocycles. The molecule has 0 aromatic carbocycles. The Morgan fingerprint density at radius 1 is 1.69 bits per heavy atom. The minimum Gasteiger partial charge on any atom is -0.328 e. The van der Waals surface area contributed by atoms with Crippen molar-refractivity contribution in [2.75, 3.05) is 0 Å². The quantitative estimate of drug-likeness (QED) is 0.740. The van der Waals surface area contributed by atoms with Crippen LogP contribution in [0.15, 0.2) is 6.20 Å². The number of hydrogen-bond donors (Lipinski definition) is 2. The van der Waals surface area contributed by atoms with Gasteiger partial charge < -0.3 is 5.73 Å². The maximum Gasteiger partial charge on any atom is 0.0522 e. The second-order valence-corrected chi connectivity index (χ2v) is 4.12. The smallest absolute Gasteiger partial charge is 0.0522 e. The van der Waals surface area contributed by atoms with Gasteiger partial charge in [-0.3, -0.25) is 5.10 Å². The molecule has 0 bridgehead atoms. The molecule has 1 heterocycles. The summed E-state index contributed by atoms with van der Waals surface area (Å²) in [5, 5.41) is 7.21. The third-order valence-electron chi connectivity index (χ3n) is 2.81. The van der Waals surface area contributed by atoms with Crippen molar-refractivity contribution in [3.05, 3.63) is 17.5 Å². The van der Waals surface area contributed by atoms with Gasteiger partial charge in [0.25, 0.3) is 0 Å². The number of aromatic nitrogens is 2. The molecular formula is C10H17N3. The van der Waals surface area contributed by atoms with Gasteiger partial charge in [0.15, 0.2) is 0 Å². The zero-order chi connectivity index (χ0) is 9.26. The topological polar surface area (TPSA) is 54.7 Å². The van der Waals surface area contributed by atoms with Gasteiger partial charge in [0.1, 0.15) is 0 Å². The van der Waals surface area contributed by atoms with Crippen molar-refractivity contribution in [2.45, 2.75) is 44.6 Å². The number of H-pyrrole nitrogens is 1. The molecule has 1 aromatic heterocycles. The van der Waals surface area contributed by atoms with Gasteiger partial charge >= 0.3 is 0 Å². The third kappa shape index (κ3) is 1.75. The average molecular weight is 179 g/mol. The summed E-state index contributed by atoms with van der Waals surface area (Å²) < 4.78 is 0. The van der Waals surface area contributed by atoms with E-state index in [1.165, 1.54) is 30.5 Å². The highest BCUT2D eigenvalue weighted by atomic mass is 15.1. The predicted molar refractivity (Wildman–Crippen MR) is 52.5 cm³/mol. The number of rotatable bonds is 3. The van der Waals surface area contributed by atoms with Crippen molar-refractivity contribution in [1.29, 1.82) is 0 Å². The molecular weight excluding hydrogens is 162 g/mol. The molecule has 0 spiro atoms. The number of hydrogen-bond acceptors (Lipinski definition) is 2. The number of aromatic amines is 1. The summed E-state index contributed by atoms with van der Waals surface area (Å²) in [5.41, 5.74) is 8.43. The van der Waals surface area contributed by atoms with Crippen LogP contribution >= 0.6 is 0 Å². The molecule has 1 unspecified atom stereocenters. The molecule has 1 aliphatic rings. The molecule has 3 N–H and O–H groups in total.